The standard InChI is InChI=1S/C21H23N3O2S/c1-14-9-11-16(12-10-14)13-24-20(26)17-7-5-6-8-18(17)22-21(24)27-15(2)19(25)23(3)4/h5-12,15H,13H2,1-4H3/t15-/m0/s1. The number of amides is 1. The summed E-state index contributed by atoms with van der Waals surface area (Å²) in [5.74, 6) is -0.00991. The minimum atomic E-state index is -0.336. The smallest absolute Gasteiger partial charge is 0.262 e. The predicted molar refractivity (Wildman–Crippen MR) is 110 cm³/mol. The number of benzene rings is 2. The summed E-state index contributed by atoms with van der Waals surface area (Å²) in [6, 6.07) is 15.4. The molecule has 0 saturated carbocycles. The Morgan fingerprint density at radius 3 is 2.48 bits per heavy atom. The first-order valence-corrected chi connectivity index (χ1v) is 9.67. The van der Waals surface area contributed by atoms with Crippen molar-refractivity contribution in [2.45, 2.75) is 30.8 Å². The largest absolute Gasteiger partial charge is 0.348 e. The van der Waals surface area contributed by atoms with E-state index in [0.717, 1.165) is 5.56 Å². The van der Waals surface area contributed by atoms with Crippen molar-refractivity contribution >= 4 is 28.6 Å². The second-order valence-electron chi connectivity index (χ2n) is 6.78. The van der Waals surface area contributed by atoms with Crippen molar-refractivity contribution in [3.05, 3.63) is 70.0 Å². The number of nitrogens with zero attached hydrogens (tertiary/aromatic N) is 3. The predicted octanol–water partition coefficient (Wildman–Crippen LogP) is 3.32. The van der Waals surface area contributed by atoms with Crippen LogP contribution in [0.5, 0.6) is 0 Å². The van der Waals surface area contributed by atoms with E-state index in [9.17, 15) is 9.59 Å². The zero-order valence-electron chi connectivity index (χ0n) is 16.0. The molecule has 0 unspecified atom stereocenters. The molecule has 0 aliphatic heterocycles. The fourth-order valence-electron chi connectivity index (χ4n) is 2.83. The first-order valence-electron chi connectivity index (χ1n) is 8.80. The molecule has 140 valence electrons. The Bertz CT molecular complexity index is 1030. The lowest BCUT2D eigenvalue weighted by atomic mass is 10.1. The van der Waals surface area contributed by atoms with E-state index in [4.69, 9.17) is 0 Å². The molecule has 6 heteroatoms. The molecule has 0 radical (unpaired) electrons. The first-order chi connectivity index (χ1) is 12.9. The molecule has 5 nitrogen and oxygen atoms in total. The van der Waals surface area contributed by atoms with Gasteiger partial charge in [-0.3, -0.25) is 14.2 Å². The van der Waals surface area contributed by atoms with Crippen molar-refractivity contribution in [2.75, 3.05) is 14.1 Å². The fraction of sp³-hybridized carbons (Fsp3) is 0.286. The second-order valence-corrected chi connectivity index (χ2v) is 8.09. The van der Waals surface area contributed by atoms with Gasteiger partial charge in [-0.15, -0.1) is 0 Å². The Morgan fingerprint density at radius 2 is 1.81 bits per heavy atom. The number of carbonyl (C=O) groups is 1. The van der Waals surface area contributed by atoms with Gasteiger partial charge in [-0.1, -0.05) is 53.7 Å². The molecule has 1 atom stereocenters. The van der Waals surface area contributed by atoms with Crippen LogP contribution in [0.4, 0.5) is 0 Å². The topological polar surface area (TPSA) is 55.2 Å². The third-order valence-electron chi connectivity index (χ3n) is 4.36. The van der Waals surface area contributed by atoms with Crippen LogP contribution in [0.1, 0.15) is 18.1 Å². The van der Waals surface area contributed by atoms with Gasteiger partial charge in [-0.05, 0) is 31.5 Å². The van der Waals surface area contributed by atoms with Gasteiger partial charge in [-0.25, -0.2) is 4.98 Å². The normalized spacial score (nSPS) is 12.1. The molecule has 1 heterocycles. The monoisotopic (exact) mass is 381 g/mol. The Morgan fingerprint density at radius 1 is 1.15 bits per heavy atom. The highest BCUT2D eigenvalue weighted by Crippen LogP contribution is 2.24. The van der Waals surface area contributed by atoms with Crippen molar-refractivity contribution < 1.29 is 4.79 Å². The summed E-state index contributed by atoms with van der Waals surface area (Å²) < 4.78 is 1.66. The number of hydrogen-bond acceptors (Lipinski definition) is 4. The van der Waals surface area contributed by atoms with Crippen LogP contribution in [0.3, 0.4) is 0 Å². The fourth-order valence-corrected chi connectivity index (χ4v) is 3.88. The molecule has 27 heavy (non-hydrogen) atoms. The third-order valence-corrected chi connectivity index (χ3v) is 5.44. The average molecular weight is 382 g/mol. The van der Waals surface area contributed by atoms with E-state index >= 15 is 0 Å². The lowest BCUT2D eigenvalue weighted by molar-refractivity contribution is -0.127. The minimum Gasteiger partial charge on any atom is -0.348 e. The van der Waals surface area contributed by atoms with Gasteiger partial charge in [0.05, 0.1) is 22.7 Å². The number of aryl methyl sites for hydroxylation is 1. The van der Waals surface area contributed by atoms with E-state index in [2.05, 4.69) is 4.98 Å². The van der Waals surface area contributed by atoms with Crippen molar-refractivity contribution in [2.24, 2.45) is 0 Å². The molecule has 3 aromatic rings. The molecule has 1 aromatic heterocycles. The maximum atomic E-state index is 13.1. The average Bonchev–Trinajstić information content (AvgIpc) is 2.65. The van der Waals surface area contributed by atoms with E-state index in [1.54, 1.807) is 29.6 Å². The van der Waals surface area contributed by atoms with Gasteiger partial charge in [0.25, 0.3) is 5.56 Å². The van der Waals surface area contributed by atoms with Gasteiger partial charge in [0, 0.05) is 14.1 Å². The van der Waals surface area contributed by atoms with Gasteiger partial charge < -0.3 is 4.90 Å². The number of fused-ring (bicyclic) bond motifs is 1. The zero-order chi connectivity index (χ0) is 19.6. The third kappa shape index (κ3) is 4.22. The second kappa shape index (κ2) is 7.96. The number of rotatable bonds is 5. The molecule has 0 aliphatic rings. The Labute approximate surface area is 163 Å². The van der Waals surface area contributed by atoms with Crippen LogP contribution >= 0.6 is 11.8 Å². The van der Waals surface area contributed by atoms with Crippen LogP contribution in [-0.4, -0.2) is 39.7 Å². The van der Waals surface area contributed by atoms with Crippen molar-refractivity contribution in [3.63, 3.8) is 0 Å². The summed E-state index contributed by atoms with van der Waals surface area (Å²) in [4.78, 5) is 31.7. The molecular formula is C21H23N3O2S. The molecule has 2 aromatic carbocycles. The molecule has 0 saturated heterocycles. The lowest BCUT2D eigenvalue weighted by Crippen LogP contribution is -2.31. The van der Waals surface area contributed by atoms with Crippen LogP contribution in [0.15, 0.2) is 58.5 Å². The molecule has 0 N–H and O–H groups in total. The van der Waals surface area contributed by atoms with E-state index in [1.165, 1.54) is 17.3 Å². The quantitative estimate of drug-likeness (QED) is 0.503. The van der Waals surface area contributed by atoms with Gasteiger partial charge in [0.1, 0.15) is 0 Å². The van der Waals surface area contributed by atoms with Gasteiger partial charge in [-0.2, -0.15) is 0 Å². The SMILES string of the molecule is Cc1ccc(Cn2c(S[C@@H](C)C(=O)N(C)C)nc3ccccc3c2=O)cc1. The van der Waals surface area contributed by atoms with Gasteiger partial charge in [0.2, 0.25) is 5.91 Å². The molecular weight excluding hydrogens is 358 g/mol. The first kappa shape index (κ1) is 19.2. The highest BCUT2D eigenvalue weighted by molar-refractivity contribution is 8.00. The lowest BCUT2D eigenvalue weighted by Gasteiger charge is -2.18. The Balaban J connectivity index is 2.08. The van der Waals surface area contributed by atoms with Crippen LogP contribution in [0, 0.1) is 6.92 Å². The van der Waals surface area contributed by atoms with Crippen LogP contribution < -0.4 is 5.56 Å². The maximum Gasteiger partial charge on any atom is 0.262 e. The van der Waals surface area contributed by atoms with E-state index in [-0.39, 0.29) is 16.7 Å². The van der Waals surface area contributed by atoms with Gasteiger partial charge in [0.15, 0.2) is 5.16 Å². The zero-order valence-corrected chi connectivity index (χ0v) is 16.8. The van der Waals surface area contributed by atoms with E-state index in [0.29, 0.717) is 22.6 Å². The summed E-state index contributed by atoms with van der Waals surface area (Å²) in [6.07, 6.45) is 0. The number of aromatic nitrogens is 2. The Hall–Kier alpha value is -2.60. The van der Waals surface area contributed by atoms with Crippen molar-refractivity contribution in [1.82, 2.24) is 14.5 Å². The maximum absolute atomic E-state index is 13.1. The summed E-state index contributed by atoms with van der Waals surface area (Å²) in [5.41, 5.74) is 2.75. The number of hydrogen-bond donors (Lipinski definition) is 0. The summed E-state index contributed by atoms with van der Waals surface area (Å²) in [7, 11) is 3.46. The van der Waals surface area contributed by atoms with Crippen molar-refractivity contribution in [1.29, 1.82) is 0 Å². The minimum absolute atomic E-state index is 0.00991. The summed E-state index contributed by atoms with van der Waals surface area (Å²) >= 11 is 1.32. The number of thioether (sulfide) groups is 1. The highest BCUT2D eigenvalue weighted by atomic mass is 32.2. The van der Waals surface area contributed by atoms with Crippen LogP contribution in [-0.2, 0) is 11.3 Å². The molecule has 0 bridgehead atoms. The van der Waals surface area contributed by atoms with Crippen molar-refractivity contribution in [3.8, 4) is 0 Å². The van der Waals surface area contributed by atoms with E-state index in [1.807, 2.05) is 56.3 Å². The van der Waals surface area contributed by atoms with Crippen LogP contribution in [0.2, 0.25) is 0 Å². The van der Waals surface area contributed by atoms with Crippen LogP contribution in [0.25, 0.3) is 10.9 Å². The summed E-state index contributed by atoms with van der Waals surface area (Å²) in [5, 5.41) is 0.805. The number of para-hydroxylation sites is 1. The molecule has 1 amide bonds. The Kier molecular flexibility index (Phi) is 5.65. The molecule has 0 spiro atoms. The highest BCUT2D eigenvalue weighted by Gasteiger charge is 2.20. The molecule has 0 aliphatic carbocycles. The van der Waals surface area contributed by atoms with E-state index < -0.39 is 0 Å². The molecule has 3 rings (SSSR count). The molecule has 0 fully saturated rings. The summed E-state index contributed by atoms with van der Waals surface area (Å²) in [6.45, 7) is 4.29. The number of carbonyl (C=O) groups excluding carboxylic acids is 1. The van der Waals surface area contributed by atoms with Gasteiger partial charge >= 0.3 is 0 Å².